The number of nitrogens with zero attached hydrogens (tertiary/aromatic N) is 3. The van der Waals surface area contributed by atoms with E-state index in [-0.39, 0.29) is 5.69 Å². The van der Waals surface area contributed by atoms with Crippen LogP contribution in [0.4, 0.5) is 17.1 Å². The molecule has 0 aromatic heterocycles. The van der Waals surface area contributed by atoms with Gasteiger partial charge in [0.05, 0.1) is 22.1 Å². The second-order valence-electron chi connectivity index (χ2n) is 6.17. The maximum absolute atomic E-state index is 11.1. The molecule has 0 bridgehead atoms. The van der Waals surface area contributed by atoms with E-state index < -0.39 is 51.6 Å². The van der Waals surface area contributed by atoms with Gasteiger partial charge in [-0.3, -0.25) is 25.7 Å². The number of nitrogens with one attached hydrogen (secondary N) is 1. The van der Waals surface area contributed by atoms with Crippen LogP contribution in [-0.4, -0.2) is 51.6 Å². The molecule has 2 aliphatic rings. The summed E-state index contributed by atoms with van der Waals surface area (Å²) in [6, 6.07) is 3.11. The first kappa shape index (κ1) is 18.1. The van der Waals surface area contributed by atoms with E-state index >= 15 is 0 Å². The number of nitro benzene ring substituents is 2. The van der Waals surface area contributed by atoms with Crippen LogP contribution in [0.15, 0.2) is 23.3 Å². The third-order valence-corrected chi connectivity index (χ3v) is 3.85. The van der Waals surface area contributed by atoms with Crippen LogP contribution in [0.5, 0.6) is 0 Å². The highest BCUT2D eigenvalue weighted by atomic mass is 16.8. The lowest BCUT2D eigenvalue weighted by molar-refractivity contribution is -0.393. The van der Waals surface area contributed by atoms with E-state index in [0.717, 1.165) is 12.1 Å². The molecule has 12 nitrogen and oxygen atoms in total. The number of nitro groups is 2. The molecule has 2 heterocycles. The lowest BCUT2D eigenvalue weighted by Gasteiger charge is -2.21. The number of fused-ring (bicyclic) bond motifs is 1. The van der Waals surface area contributed by atoms with Crippen LogP contribution in [0, 0.1) is 20.2 Å². The number of aliphatic hydroxyl groups excluding tert-OH is 1. The molecule has 2 fully saturated rings. The minimum Gasteiger partial charge on any atom is -0.387 e. The summed E-state index contributed by atoms with van der Waals surface area (Å²) in [5, 5.41) is 35.8. The summed E-state index contributed by atoms with van der Waals surface area (Å²) in [7, 11) is 0. The Hall–Kier alpha value is -2.67. The zero-order valence-electron chi connectivity index (χ0n) is 13.8. The number of aliphatic hydroxyl groups is 1. The van der Waals surface area contributed by atoms with Crippen molar-refractivity contribution >= 4 is 23.3 Å². The smallest absolute Gasteiger partial charge is 0.301 e. The van der Waals surface area contributed by atoms with Gasteiger partial charge in [-0.1, -0.05) is 0 Å². The largest absolute Gasteiger partial charge is 0.387 e. The van der Waals surface area contributed by atoms with Crippen molar-refractivity contribution in [2.45, 2.75) is 44.2 Å². The van der Waals surface area contributed by atoms with Crippen molar-refractivity contribution in [1.29, 1.82) is 0 Å². The summed E-state index contributed by atoms with van der Waals surface area (Å²) in [4.78, 5) is 20.3. The van der Waals surface area contributed by atoms with Crippen LogP contribution in [0.25, 0.3) is 0 Å². The zero-order valence-corrected chi connectivity index (χ0v) is 13.8. The van der Waals surface area contributed by atoms with Crippen LogP contribution in [0.1, 0.15) is 13.8 Å². The summed E-state index contributed by atoms with van der Waals surface area (Å²) in [6.07, 6.45) is -2.07. The van der Waals surface area contributed by atoms with Gasteiger partial charge in [0.1, 0.15) is 24.0 Å². The topological polar surface area (TPSA) is 159 Å². The Morgan fingerprint density at radius 1 is 1.27 bits per heavy atom. The number of hydrogen-bond donors (Lipinski definition) is 2. The second kappa shape index (κ2) is 6.57. The van der Waals surface area contributed by atoms with Crippen LogP contribution >= 0.6 is 0 Å². The normalized spacial score (nSPS) is 29.7. The fourth-order valence-electron chi connectivity index (χ4n) is 2.70. The summed E-state index contributed by atoms with van der Waals surface area (Å²) in [5.74, 6) is -0.865. The van der Waals surface area contributed by atoms with Gasteiger partial charge in [0.25, 0.3) is 5.69 Å². The predicted octanol–water partition coefficient (Wildman–Crippen LogP) is 1.14. The average molecular weight is 368 g/mol. The minimum atomic E-state index is -1.03. The third kappa shape index (κ3) is 3.48. The molecule has 140 valence electrons. The summed E-state index contributed by atoms with van der Waals surface area (Å²) >= 11 is 0. The first-order chi connectivity index (χ1) is 12.2. The molecule has 2 aliphatic heterocycles. The number of hydrogen-bond acceptors (Lipinski definition) is 10. The van der Waals surface area contributed by atoms with Crippen molar-refractivity contribution in [2.24, 2.45) is 5.10 Å². The lowest BCUT2D eigenvalue weighted by Crippen LogP contribution is -2.35. The highest BCUT2D eigenvalue weighted by Gasteiger charge is 2.53. The van der Waals surface area contributed by atoms with Gasteiger partial charge in [0, 0.05) is 6.07 Å². The van der Waals surface area contributed by atoms with Gasteiger partial charge < -0.3 is 19.3 Å². The number of hydrazone groups is 1. The molecule has 2 N–H and O–H groups in total. The minimum absolute atomic E-state index is 0.0434. The van der Waals surface area contributed by atoms with E-state index in [1.165, 1.54) is 12.3 Å². The third-order valence-electron chi connectivity index (χ3n) is 3.85. The second-order valence-corrected chi connectivity index (χ2v) is 6.17. The van der Waals surface area contributed by atoms with E-state index in [1.807, 2.05) is 0 Å². The Labute approximate surface area is 146 Å². The number of rotatable bonds is 5. The van der Waals surface area contributed by atoms with Gasteiger partial charge in [0.2, 0.25) is 0 Å². The van der Waals surface area contributed by atoms with Gasteiger partial charge in [-0.05, 0) is 19.9 Å². The molecule has 0 saturated carbocycles. The highest BCUT2D eigenvalue weighted by Crippen LogP contribution is 2.37. The summed E-state index contributed by atoms with van der Waals surface area (Å²) in [6.45, 7) is 3.39. The van der Waals surface area contributed by atoms with Crippen molar-refractivity contribution < 1.29 is 29.2 Å². The fraction of sp³-hybridized carbons (Fsp3) is 0.500. The Bertz CT molecular complexity index is 767. The van der Waals surface area contributed by atoms with Crippen LogP contribution in [0.3, 0.4) is 0 Å². The standard InChI is InChI=1S/C14H16N4O8/c1-14(2)25-12-11(19)10(24-13(12)26-14)6-15-16-8-4-3-7(17(20)21)5-9(8)18(22)23/h3-6,10-13,16,19H,1-2H3/b15-6+. The van der Waals surface area contributed by atoms with Crippen molar-refractivity contribution in [3.8, 4) is 0 Å². The van der Waals surface area contributed by atoms with E-state index in [2.05, 4.69) is 10.5 Å². The average Bonchev–Trinajstić information content (AvgIpc) is 3.00. The van der Waals surface area contributed by atoms with Crippen LogP contribution in [0.2, 0.25) is 0 Å². The monoisotopic (exact) mass is 368 g/mol. The molecule has 3 rings (SSSR count). The fourth-order valence-corrected chi connectivity index (χ4v) is 2.70. The molecule has 26 heavy (non-hydrogen) atoms. The lowest BCUT2D eigenvalue weighted by atomic mass is 10.1. The summed E-state index contributed by atoms with van der Waals surface area (Å²) < 4.78 is 16.5. The van der Waals surface area contributed by atoms with E-state index in [4.69, 9.17) is 14.2 Å². The van der Waals surface area contributed by atoms with Gasteiger partial charge in [-0.15, -0.1) is 0 Å². The first-order valence-electron chi connectivity index (χ1n) is 7.59. The number of benzene rings is 1. The molecule has 0 amide bonds. The number of anilines is 1. The van der Waals surface area contributed by atoms with Crippen molar-refractivity contribution in [1.82, 2.24) is 0 Å². The summed E-state index contributed by atoms with van der Waals surface area (Å²) in [5.41, 5.74) is 1.46. The SMILES string of the molecule is CC1(C)OC2OC(/C=N/Nc3ccc([N+](=O)[O-])cc3[N+](=O)[O-])C(O)C2O1. The van der Waals surface area contributed by atoms with Gasteiger partial charge in [-0.2, -0.15) is 5.10 Å². The van der Waals surface area contributed by atoms with Crippen molar-refractivity contribution in [3.05, 3.63) is 38.4 Å². The van der Waals surface area contributed by atoms with E-state index in [1.54, 1.807) is 13.8 Å². The number of non-ortho nitro benzene ring substituents is 1. The first-order valence-corrected chi connectivity index (χ1v) is 7.59. The van der Waals surface area contributed by atoms with Gasteiger partial charge in [-0.25, -0.2) is 0 Å². The quantitative estimate of drug-likeness (QED) is 0.441. The molecule has 0 radical (unpaired) electrons. The van der Waals surface area contributed by atoms with E-state index in [0.29, 0.717) is 0 Å². The predicted molar refractivity (Wildman–Crippen MR) is 86.6 cm³/mol. The molecular weight excluding hydrogens is 352 g/mol. The number of ether oxygens (including phenoxy) is 3. The molecule has 4 unspecified atom stereocenters. The van der Waals surface area contributed by atoms with Crippen molar-refractivity contribution in [3.63, 3.8) is 0 Å². The molecular formula is C14H16N4O8. The Kier molecular flexibility index (Phi) is 4.58. The molecule has 0 spiro atoms. The maximum atomic E-state index is 11.1. The van der Waals surface area contributed by atoms with E-state index in [9.17, 15) is 25.3 Å². The zero-order chi connectivity index (χ0) is 19.1. The van der Waals surface area contributed by atoms with Crippen molar-refractivity contribution in [2.75, 3.05) is 5.43 Å². The van der Waals surface area contributed by atoms with Crippen LogP contribution < -0.4 is 5.43 Å². The highest BCUT2D eigenvalue weighted by molar-refractivity contribution is 5.69. The molecule has 0 aliphatic carbocycles. The van der Waals surface area contributed by atoms with Gasteiger partial charge in [0.15, 0.2) is 12.1 Å². The Morgan fingerprint density at radius 3 is 2.62 bits per heavy atom. The molecule has 1 aromatic carbocycles. The maximum Gasteiger partial charge on any atom is 0.301 e. The molecule has 12 heteroatoms. The Morgan fingerprint density at radius 2 is 2.00 bits per heavy atom. The van der Waals surface area contributed by atoms with Gasteiger partial charge >= 0.3 is 5.69 Å². The molecule has 4 atom stereocenters. The molecule has 1 aromatic rings. The molecule has 2 saturated heterocycles. The van der Waals surface area contributed by atoms with Crippen LogP contribution in [-0.2, 0) is 14.2 Å². The Balaban J connectivity index is 1.68.